The average Bonchev–Trinajstić information content (AvgIpc) is 2.88. The summed E-state index contributed by atoms with van der Waals surface area (Å²) in [5.74, 6) is 0.661. The Morgan fingerprint density at radius 1 is 1.47 bits per heavy atom. The first-order chi connectivity index (χ1) is 9.15. The molecular weight excluding hydrogens is 242 g/mol. The quantitative estimate of drug-likeness (QED) is 0.883. The Balaban J connectivity index is 1.73. The van der Waals surface area contributed by atoms with Crippen molar-refractivity contribution in [2.75, 3.05) is 19.8 Å². The summed E-state index contributed by atoms with van der Waals surface area (Å²) in [5, 5.41) is 2.84. The molecule has 1 aromatic carbocycles. The Bertz CT molecular complexity index is 439. The standard InChI is InChI=1S/C15H21NO3/c1-11-5-6-14(12(2)8-11)19-10-15(17)16-9-13-4-3-7-18-13/h5-6,8,13H,3-4,7,9-10H2,1-2H3,(H,16,17)/t13-/m1/s1. The van der Waals surface area contributed by atoms with Gasteiger partial charge in [0.15, 0.2) is 6.61 Å². The van der Waals surface area contributed by atoms with E-state index in [9.17, 15) is 4.79 Å². The van der Waals surface area contributed by atoms with Crippen molar-refractivity contribution in [3.63, 3.8) is 0 Å². The number of rotatable bonds is 5. The van der Waals surface area contributed by atoms with Crippen LogP contribution in [0.1, 0.15) is 24.0 Å². The van der Waals surface area contributed by atoms with Gasteiger partial charge in [0.1, 0.15) is 5.75 Å². The molecule has 2 rings (SSSR count). The highest BCUT2D eigenvalue weighted by Gasteiger charge is 2.16. The van der Waals surface area contributed by atoms with Crippen LogP contribution in [0.4, 0.5) is 0 Å². The van der Waals surface area contributed by atoms with Crippen molar-refractivity contribution < 1.29 is 14.3 Å². The van der Waals surface area contributed by atoms with Gasteiger partial charge in [-0.05, 0) is 38.3 Å². The highest BCUT2D eigenvalue weighted by atomic mass is 16.5. The normalized spacial score (nSPS) is 18.3. The summed E-state index contributed by atoms with van der Waals surface area (Å²) in [6.07, 6.45) is 2.28. The molecule has 0 bridgehead atoms. The van der Waals surface area contributed by atoms with E-state index in [1.54, 1.807) is 0 Å². The maximum Gasteiger partial charge on any atom is 0.258 e. The molecule has 0 aliphatic carbocycles. The molecule has 1 aliphatic rings. The van der Waals surface area contributed by atoms with Gasteiger partial charge in [0.2, 0.25) is 0 Å². The molecule has 1 aromatic rings. The van der Waals surface area contributed by atoms with Crippen molar-refractivity contribution in [3.05, 3.63) is 29.3 Å². The summed E-state index contributed by atoms with van der Waals surface area (Å²) in [6.45, 7) is 5.45. The monoisotopic (exact) mass is 263 g/mol. The number of aryl methyl sites for hydroxylation is 2. The third kappa shape index (κ3) is 4.24. The average molecular weight is 263 g/mol. The third-order valence-electron chi connectivity index (χ3n) is 3.24. The molecule has 19 heavy (non-hydrogen) atoms. The number of carbonyl (C=O) groups excluding carboxylic acids is 1. The smallest absolute Gasteiger partial charge is 0.258 e. The lowest BCUT2D eigenvalue weighted by molar-refractivity contribution is -0.123. The van der Waals surface area contributed by atoms with E-state index in [0.29, 0.717) is 6.54 Å². The van der Waals surface area contributed by atoms with Crippen LogP contribution in [0.25, 0.3) is 0 Å². The van der Waals surface area contributed by atoms with Crippen LogP contribution >= 0.6 is 0 Å². The first-order valence-electron chi connectivity index (χ1n) is 6.73. The zero-order valence-corrected chi connectivity index (χ0v) is 11.6. The van der Waals surface area contributed by atoms with Crippen molar-refractivity contribution in [1.29, 1.82) is 0 Å². The Kier molecular flexibility index (Phi) is 4.80. The van der Waals surface area contributed by atoms with Gasteiger partial charge >= 0.3 is 0 Å². The minimum absolute atomic E-state index is 0.0522. The Labute approximate surface area is 114 Å². The van der Waals surface area contributed by atoms with Gasteiger partial charge in [-0.25, -0.2) is 0 Å². The fourth-order valence-electron chi connectivity index (χ4n) is 2.19. The van der Waals surface area contributed by atoms with Crippen molar-refractivity contribution in [3.8, 4) is 5.75 Å². The van der Waals surface area contributed by atoms with Gasteiger partial charge in [-0.1, -0.05) is 17.7 Å². The van der Waals surface area contributed by atoms with Crippen LogP contribution in [-0.2, 0) is 9.53 Å². The van der Waals surface area contributed by atoms with Gasteiger partial charge in [0.05, 0.1) is 6.10 Å². The number of nitrogens with one attached hydrogen (secondary N) is 1. The lowest BCUT2D eigenvalue weighted by atomic mass is 10.1. The van der Waals surface area contributed by atoms with Crippen LogP contribution in [0.3, 0.4) is 0 Å². The van der Waals surface area contributed by atoms with Crippen LogP contribution < -0.4 is 10.1 Å². The Morgan fingerprint density at radius 2 is 2.32 bits per heavy atom. The van der Waals surface area contributed by atoms with E-state index in [1.165, 1.54) is 5.56 Å². The van der Waals surface area contributed by atoms with E-state index in [-0.39, 0.29) is 18.6 Å². The lowest BCUT2D eigenvalue weighted by Crippen LogP contribution is -2.35. The van der Waals surface area contributed by atoms with Gasteiger partial charge < -0.3 is 14.8 Å². The van der Waals surface area contributed by atoms with Gasteiger partial charge in [-0.2, -0.15) is 0 Å². The van der Waals surface area contributed by atoms with E-state index in [0.717, 1.165) is 30.8 Å². The molecule has 0 aromatic heterocycles. The number of amides is 1. The van der Waals surface area contributed by atoms with Gasteiger partial charge in [-0.3, -0.25) is 4.79 Å². The maximum atomic E-state index is 11.7. The first-order valence-corrected chi connectivity index (χ1v) is 6.73. The molecule has 104 valence electrons. The number of hydrogen-bond acceptors (Lipinski definition) is 3. The predicted molar refractivity (Wildman–Crippen MR) is 73.4 cm³/mol. The van der Waals surface area contributed by atoms with Crippen LogP contribution in [-0.4, -0.2) is 31.8 Å². The van der Waals surface area contributed by atoms with Crippen molar-refractivity contribution in [2.45, 2.75) is 32.8 Å². The molecule has 1 atom stereocenters. The largest absolute Gasteiger partial charge is 0.484 e. The molecule has 1 amide bonds. The van der Waals surface area contributed by atoms with E-state index in [2.05, 4.69) is 5.32 Å². The topological polar surface area (TPSA) is 47.6 Å². The van der Waals surface area contributed by atoms with Crippen molar-refractivity contribution in [1.82, 2.24) is 5.32 Å². The number of hydrogen-bond donors (Lipinski definition) is 1. The fraction of sp³-hybridized carbons (Fsp3) is 0.533. The maximum absolute atomic E-state index is 11.7. The molecule has 0 spiro atoms. The number of benzene rings is 1. The van der Waals surface area contributed by atoms with Crippen LogP contribution in [0.5, 0.6) is 5.75 Å². The molecular formula is C15H21NO3. The highest BCUT2D eigenvalue weighted by Crippen LogP contribution is 2.18. The summed E-state index contributed by atoms with van der Waals surface area (Å²) in [4.78, 5) is 11.7. The minimum atomic E-state index is -0.101. The fourth-order valence-corrected chi connectivity index (χ4v) is 2.19. The second kappa shape index (κ2) is 6.57. The molecule has 1 saturated heterocycles. The lowest BCUT2D eigenvalue weighted by Gasteiger charge is -2.12. The zero-order valence-electron chi connectivity index (χ0n) is 11.6. The summed E-state index contributed by atoms with van der Waals surface area (Å²) in [5.41, 5.74) is 2.24. The molecule has 0 saturated carbocycles. The number of ether oxygens (including phenoxy) is 2. The molecule has 0 unspecified atom stereocenters. The predicted octanol–water partition coefficient (Wildman–Crippen LogP) is 1.98. The zero-order chi connectivity index (χ0) is 13.7. The molecule has 1 heterocycles. The summed E-state index contributed by atoms with van der Waals surface area (Å²) < 4.78 is 11.0. The van der Waals surface area contributed by atoms with E-state index in [1.807, 2.05) is 32.0 Å². The minimum Gasteiger partial charge on any atom is -0.484 e. The summed E-state index contributed by atoms with van der Waals surface area (Å²) in [7, 11) is 0. The Hall–Kier alpha value is -1.55. The van der Waals surface area contributed by atoms with Crippen molar-refractivity contribution in [2.24, 2.45) is 0 Å². The van der Waals surface area contributed by atoms with Gasteiger partial charge in [-0.15, -0.1) is 0 Å². The SMILES string of the molecule is Cc1ccc(OCC(=O)NC[C@H]2CCCO2)c(C)c1. The van der Waals surface area contributed by atoms with E-state index >= 15 is 0 Å². The first kappa shape index (κ1) is 13.9. The summed E-state index contributed by atoms with van der Waals surface area (Å²) in [6, 6.07) is 5.92. The van der Waals surface area contributed by atoms with Gasteiger partial charge in [0, 0.05) is 13.2 Å². The second-order valence-corrected chi connectivity index (χ2v) is 5.00. The third-order valence-corrected chi connectivity index (χ3v) is 3.24. The Morgan fingerprint density at radius 3 is 3.00 bits per heavy atom. The molecule has 0 radical (unpaired) electrons. The van der Waals surface area contributed by atoms with Crippen LogP contribution in [0.15, 0.2) is 18.2 Å². The number of carbonyl (C=O) groups is 1. The van der Waals surface area contributed by atoms with E-state index < -0.39 is 0 Å². The van der Waals surface area contributed by atoms with Crippen molar-refractivity contribution >= 4 is 5.91 Å². The van der Waals surface area contributed by atoms with Gasteiger partial charge in [0.25, 0.3) is 5.91 Å². The molecule has 1 N–H and O–H groups in total. The van der Waals surface area contributed by atoms with Crippen LogP contribution in [0, 0.1) is 13.8 Å². The van der Waals surface area contributed by atoms with E-state index in [4.69, 9.17) is 9.47 Å². The summed E-state index contributed by atoms with van der Waals surface area (Å²) >= 11 is 0. The molecule has 1 aliphatic heterocycles. The molecule has 4 heteroatoms. The molecule has 1 fully saturated rings. The molecule has 4 nitrogen and oxygen atoms in total. The van der Waals surface area contributed by atoms with Crippen LogP contribution in [0.2, 0.25) is 0 Å². The highest BCUT2D eigenvalue weighted by molar-refractivity contribution is 5.77. The second-order valence-electron chi connectivity index (χ2n) is 5.00.